The molecule has 11 heteroatoms. The summed E-state index contributed by atoms with van der Waals surface area (Å²) in [5.74, 6) is -3.48. The van der Waals surface area contributed by atoms with Crippen LogP contribution in [0.3, 0.4) is 0 Å². The molecule has 0 bridgehead atoms. The molecule has 0 aliphatic carbocycles. The van der Waals surface area contributed by atoms with Crippen LogP contribution in [-0.2, 0) is 20.9 Å². The van der Waals surface area contributed by atoms with Gasteiger partial charge in [0.25, 0.3) is 5.91 Å². The van der Waals surface area contributed by atoms with Crippen molar-refractivity contribution in [1.82, 2.24) is 20.0 Å². The summed E-state index contributed by atoms with van der Waals surface area (Å²) in [7, 11) is 0. The summed E-state index contributed by atoms with van der Waals surface area (Å²) in [5, 5.41) is 13.0. The third-order valence-electron chi connectivity index (χ3n) is 6.67. The van der Waals surface area contributed by atoms with Crippen molar-refractivity contribution in [3.05, 3.63) is 47.2 Å². The number of halogens is 2. The van der Waals surface area contributed by atoms with Crippen LogP contribution in [-0.4, -0.2) is 111 Å². The van der Waals surface area contributed by atoms with Gasteiger partial charge in [-0.2, -0.15) is 0 Å². The van der Waals surface area contributed by atoms with E-state index >= 15 is 0 Å². The normalized spacial score (nSPS) is 29.2. The molecule has 4 heterocycles. The quantitative estimate of drug-likeness (QED) is 0.452. The van der Waals surface area contributed by atoms with Gasteiger partial charge in [0.15, 0.2) is 0 Å². The fourth-order valence-corrected chi connectivity index (χ4v) is 5.12. The summed E-state index contributed by atoms with van der Waals surface area (Å²) in [6.07, 6.45) is 1.60. The number of piperazine rings is 1. The standard InChI is InChI=1S/C21H22F2N4O4.Na.H/c22-12-4-3-11(15(23)6-12)7-24-20(30)14-9-25-10-16-26-5-1-2-13(26)8-27(16)21(31)17(25)19(29)18(14)28;;/h3-4,6,9,13,16-17,19,29H,1-2,5,7-8,10H2,(H,24,30);;/t13-,16+,17?,19?;;/m1../s1. The number of Topliss-reactive ketones (excluding diaryl/α,β-unsaturated/α-hetero) is 1. The Morgan fingerprint density at radius 2 is 2.00 bits per heavy atom. The number of ketones is 1. The fraction of sp³-hybridized carbons (Fsp3) is 0.476. The summed E-state index contributed by atoms with van der Waals surface area (Å²) in [6, 6.07) is 2.23. The number of hydrogen-bond acceptors (Lipinski definition) is 6. The average molecular weight is 456 g/mol. The van der Waals surface area contributed by atoms with Gasteiger partial charge in [-0.25, -0.2) is 8.78 Å². The fourth-order valence-electron chi connectivity index (χ4n) is 5.12. The first-order valence-electron chi connectivity index (χ1n) is 10.3. The number of carbonyl (C=O) groups is 3. The Balaban J connectivity index is 0.00000245. The molecule has 32 heavy (non-hydrogen) atoms. The SMILES string of the molecule is O=C(NCc1ccc(F)cc1F)C1=CN2C[C@@H]3N(C[C@H]4CCCN43)C(=O)C2C(O)C1=O.[NaH]. The van der Waals surface area contributed by atoms with Gasteiger partial charge < -0.3 is 20.2 Å². The first kappa shape index (κ1) is 23.3. The molecule has 4 aliphatic heterocycles. The van der Waals surface area contributed by atoms with E-state index in [-0.39, 0.29) is 59.3 Å². The van der Waals surface area contributed by atoms with Gasteiger partial charge in [-0.1, -0.05) is 6.07 Å². The maximum atomic E-state index is 13.8. The molecule has 0 radical (unpaired) electrons. The van der Waals surface area contributed by atoms with Crippen molar-refractivity contribution in [2.75, 3.05) is 19.6 Å². The van der Waals surface area contributed by atoms with Crippen molar-refractivity contribution in [3.8, 4) is 0 Å². The third kappa shape index (κ3) is 3.77. The first-order valence-corrected chi connectivity index (χ1v) is 10.3. The van der Waals surface area contributed by atoms with E-state index in [0.29, 0.717) is 25.2 Å². The van der Waals surface area contributed by atoms with E-state index in [9.17, 15) is 28.3 Å². The molecule has 0 saturated carbocycles. The summed E-state index contributed by atoms with van der Waals surface area (Å²) in [5.41, 5.74) is -0.227. The molecule has 2 N–H and O–H groups in total. The number of nitrogens with zero attached hydrogens (tertiary/aromatic N) is 3. The molecule has 5 rings (SSSR count). The van der Waals surface area contributed by atoms with Crippen LogP contribution in [0.25, 0.3) is 0 Å². The zero-order chi connectivity index (χ0) is 21.9. The van der Waals surface area contributed by atoms with E-state index < -0.39 is 35.5 Å². The molecule has 4 aliphatic rings. The van der Waals surface area contributed by atoms with Crippen LogP contribution in [0.4, 0.5) is 8.78 Å². The Hall–Kier alpha value is -1.85. The average Bonchev–Trinajstić information content (AvgIpc) is 3.32. The summed E-state index contributed by atoms with van der Waals surface area (Å²) in [4.78, 5) is 43.9. The molecule has 3 fully saturated rings. The summed E-state index contributed by atoms with van der Waals surface area (Å²) in [6.45, 7) is 1.62. The van der Waals surface area contributed by atoms with Crippen LogP contribution < -0.4 is 5.32 Å². The second-order valence-corrected chi connectivity index (χ2v) is 8.42. The van der Waals surface area contributed by atoms with Gasteiger partial charge in [0, 0.05) is 43.5 Å². The van der Waals surface area contributed by atoms with Gasteiger partial charge in [0.2, 0.25) is 11.7 Å². The minimum absolute atomic E-state index is 0. The van der Waals surface area contributed by atoms with E-state index in [0.717, 1.165) is 25.5 Å². The number of benzene rings is 1. The Morgan fingerprint density at radius 1 is 1.22 bits per heavy atom. The molecule has 0 aromatic heterocycles. The Kier molecular flexibility index (Phi) is 6.43. The van der Waals surface area contributed by atoms with Crippen LogP contribution in [0.2, 0.25) is 0 Å². The Labute approximate surface area is 205 Å². The van der Waals surface area contributed by atoms with E-state index in [1.165, 1.54) is 12.3 Å². The van der Waals surface area contributed by atoms with E-state index in [1.54, 1.807) is 9.80 Å². The van der Waals surface area contributed by atoms with Crippen molar-refractivity contribution in [2.45, 2.75) is 43.7 Å². The zero-order valence-corrected chi connectivity index (χ0v) is 16.6. The molecule has 4 atom stereocenters. The van der Waals surface area contributed by atoms with Gasteiger partial charge in [-0.15, -0.1) is 0 Å². The van der Waals surface area contributed by atoms with Crippen molar-refractivity contribution in [2.24, 2.45) is 0 Å². The Bertz CT molecular complexity index is 1010. The molecule has 1 aromatic rings. The van der Waals surface area contributed by atoms with Crippen LogP contribution in [0.15, 0.2) is 30.0 Å². The molecular weight excluding hydrogens is 433 g/mol. The van der Waals surface area contributed by atoms with E-state index in [2.05, 4.69) is 10.2 Å². The van der Waals surface area contributed by atoms with Gasteiger partial charge in [-0.05, 0) is 18.9 Å². The molecule has 3 saturated heterocycles. The number of nitrogens with one attached hydrogen (secondary N) is 1. The number of fused-ring (bicyclic) bond motifs is 4. The molecule has 166 valence electrons. The van der Waals surface area contributed by atoms with Crippen LogP contribution >= 0.6 is 0 Å². The second-order valence-electron chi connectivity index (χ2n) is 8.42. The Morgan fingerprint density at radius 3 is 2.75 bits per heavy atom. The number of aliphatic hydroxyl groups excluding tert-OH is 1. The number of rotatable bonds is 3. The second kappa shape index (κ2) is 8.83. The molecule has 8 nitrogen and oxygen atoms in total. The maximum absolute atomic E-state index is 13.8. The zero-order valence-electron chi connectivity index (χ0n) is 16.6. The monoisotopic (exact) mass is 456 g/mol. The van der Waals surface area contributed by atoms with Crippen molar-refractivity contribution < 1.29 is 28.3 Å². The van der Waals surface area contributed by atoms with Crippen LogP contribution in [0.1, 0.15) is 18.4 Å². The number of aliphatic hydroxyl groups is 1. The van der Waals surface area contributed by atoms with Gasteiger partial charge in [0.05, 0.1) is 6.54 Å². The number of amides is 2. The van der Waals surface area contributed by atoms with Gasteiger partial charge >= 0.3 is 29.6 Å². The topological polar surface area (TPSA) is 93.2 Å². The minimum atomic E-state index is -1.66. The molecule has 2 amide bonds. The molecular formula is C21H23F2N4NaO4. The van der Waals surface area contributed by atoms with E-state index in [4.69, 9.17) is 0 Å². The third-order valence-corrected chi connectivity index (χ3v) is 6.67. The predicted molar refractivity (Wildman–Crippen MR) is 110 cm³/mol. The van der Waals surface area contributed by atoms with Crippen LogP contribution in [0.5, 0.6) is 0 Å². The number of hydrogen-bond donors (Lipinski definition) is 2. The van der Waals surface area contributed by atoms with Gasteiger partial charge in [0.1, 0.15) is 35.5 Å². The van der Waals surface area contributed by atoms with Crippen molar-refractivity contribution >= 4 is 47.2 Å². The molecule has 1 aromatic carbocycles. The van der Waals surface area contributed by atoms with Crippen molar-refractivity contribution in [1.29, 1.82) is 0 Å². The predicted octanol–water partition coefficient (Wildman–Crippen LogP) is -0.923. The molecule has 0 spiro atoms. The van der Waals surface area contributed by atoms with Crippen LogP contribution in [0, 0.1) is 11.6 Å². The van der Waals surface area contributed by atoms with E-state index in [1.807, 2.05) is 0 Å². The number of carbonyl (C=O) groups excluding carboxylic acids is 3. The first-order chi connectivity index (χ1) is 14.8. The van der Waals surface area contributed by atoms with Crippen molar-refractivity contribution in [3.63, 3.8) is 0 Å². The van der Waals surface area contributed by atoms with Gasteiger partial charge in [-0.3, -0.25) is 19.3 Å². The summed E-state index contributed by atoms with van der Waals surface area (Å²) < 4.78 is 26.9. The molecule has 2 unspecified atom stereocenters. The summed E-state index contributed by atoms with van der Waals surface area (Å²) >= 11 is 0.